The van der Waals surface area contributed by atoms with Gasteiger partial charge in [-0.25, -0.2) is 0 Å². The van der Waals surface area contributed by atoms with Crippen molar-refractivity contribution >= 4 is 29.9 Å². The van der Waals surface area contributed by atoms with Crippen molar-refractivity contribution in [3.8, 4) is 0 Å². The Morgan fingerprint density at radius 3 is 2.60 bits per heavy atom. The Labute approximate surface area is 141 Å². The van der Waals surface area contributed by atoms with Crippen molar-refractivity contribution < 1.29 is 4.74 Å². The second-order valence-corrected chi connectivity index (χ2v) is 5.35. The third-order valence-electron chi connectivity index (χ3n) is 3.57. The Kier molecular flexibility index (Phi) is 12.7. The highest BCUT2D eigenvalue weighted by Gasteiger charge is 2.14. The Balaban J connectivity index is 0.00000361. The predicted octanol–water partition coefficient (Wildman–Crippen LogP) is 3.31. The molecule has 1 fully saturated rings. The summed E-state index contributed by atoms with van der Waals surface area (Å²) in [5, 5.41) is 6.68. The molecule has 0 aromatic carbocycles. The first kappa shape index (κ1) is 20.0. The van der Waals surface area contributed by atoms with Gasteiger partial charge in [0.1, 0.15) is 0 Å². The van der Waals surface area contributed by atoms with Crippen LogP contribution >= 0.6 is 24.0 Å². The standard InChI is InChI=1S/C15H31N3O.HI/c1-4-13(3)18-15(16-5-2)17-11-8-12-19-14-9-6-7-10-14;/h13-14H,4-12H2,1-3H3,(H2,16,17,18);1H. The summed E-state index contributed by atoms with van der Waals surface area (Å²) in [6, 6.07) is 0.465. The monoisotopic (exact) mass is 397 g/mol. The van der Waals surface area contributed by atoms with Gasteiger partial charge in [0.25, 0.3) is 0 Å². The number of ether oxygens (including phenoxy) is 1. The Morgan fingerprint density at radius 2 is 2.00 bits per heavy atom. The Hall–Kier alpha value is -0.0400. The third-order valence-corrected chi connectivity index (χ3v) is 3.57. The van der Waals surface area contributed by atoms with Crippen LogP contribution in [0.4, 0.5) is 0 Å². The van der Waals surface area contributed by atoms with Crippen LogP contribution in [-0.4, -0.2) is 37.8 Å². The summed E-state index contributed by atoms with van der Waals surface area (Å²) in [4.78, 5) is 4.58. The lowest BCUT2D eigenvalue weighted by Gasteiger charge is -2.16. The van der Waals surface area contributed by atoms with E-state index in [2.05, 4.69) is 36.4 Å². The van der Waals surface area contributed by atoms with Gasteiger partial charge in [0.15, 0.2) is 5.96 Å². The molecule has 0 aliphatic heterocycles. The molecule has 20 heavy (non-hydrogen) atoms. The quantitative estimate of drug-likeness (QED) is 0.286. The van der Waals surface area contributed by atoms with Gasteiger partial charge in [-0.3, -0.25) is 4.99 Å². The van der Waals surface area contributed by atoms with Crippen LogP contribution in [0, 0.1) is 0 Å². The van der Waals surface area contributed by atoms with Gasteiger partial charge >= 0.3 is 0 Å². The molecule has 1 atom stereocenters. The van der Waals surface area contributed by atoms with Crippen LogP contribution in [0.25, 0.3) is 0 Å². The zero-order valence-corrected chi connectivity index (χ0v) is 15.6. The first-order valence-corrected chi connectivity index (χ1v) is 7.92. The molecule has 0 saturated heterocycles. The summed E-state index contributed by atoms with van der Waals surface area (Å²) in [6.07, 6.45) is 7.82. The van der Waals surface area contributed by atoms with Crippen molar-refractivity contribution in [3.05, 3.63) is 0 Å². The number of nitrogens with zero attached hydrogens (tertiary/aromatic N) is 1. The number of halogens is 1. The van der Waals surface area contributed by atoms with Gasteiger partial charge in [0.05, 0.1) is 6.10 Å². The van der Waals surface area contributed by atoms with Crippen molar-refractivity contribution in [1.29, 1.82) is 0 Å². The number of rotatable bonds is 8. The van der Waals surface area contributed by atoms with Crippen LogP contribution in [-0.2, 0) is 4.74 Å². The first-order valence-electron chi connectivity index (χ1n) is 7.92. The van der Waals surface area contributed by atoms with Crippen LogP contribution < -0.4 is 10.6 Å². The number of hydrogen-bond donors (Lipinski definition) is 2. The van der Waals surface area contributed by atoms with E-state index >= 15 is 0 Å². The maximum Gasteiger partial charge on any atom is 0.191 e. The molecule has 1 aliphatic rings. The van der Waals surface area contributed by atoms with Gasteiger partial charge in [0.2, 0.25) is 0 Å². The van der Waals surface area contributed by atoms with E-state index in [4.69, 9.17) is 4.74 Å². The fourth-order valence-corrected chi connectivity index (χ4v) is 2.22. The van der Waals surface area contributed by atoms with Crippen LogP contribution in [0.15, 0.2) is 4.99 Å². The molecule has 0 spiro atoms. The smallest absolute Gasteiger partial charge is 0.191 e. The van der Waals surface area contributed by atoms with E-state index in [-0.39, 0.29) is 24.0 Å². The number of hydrogen-bond acceptors (Lipinski definition) is 2. The minimum atomic E-state index is 0. The van der Waals surface area contributed by atoms with E-state index < -0.39 is 0 Å². The van der Waals surface area contributed by atoms with E-state index in [1.165, 1.54) is 25.7 Å². The van der Waals surface area contributed by atoms with E-state index in [9.17, 15) is 0 Å². The SMILES string of the molecule is CCNC(=NCCCOC1CCCC1)NC(C)CC.I. The number of guanidine groups is 1. The molecule has 1 rings (SSSR count). The van der Waals surface area contributed by atoms with Gasteiger partial charge in [-0.1, -0.05) is 19.8 Å². The van der Waals surface area contributed by atoms with Gasteiger partial charge in [-0.15, -0.1) is 24.0 Å². The molecule has 4 nitrogen and oxygen atoms in total. The van der Waals surface area contributed by atoms with Crippen molar-refractivity contribution in [2.24, 2.45) is 4.99 Å². The first-order chi connectivity index (χ1) is 9.26. The van der Waals surface area contributed by atoms with E-state index in [0.717, 1.165) is 38.5 Å². The average Bonchev–Trinajstić information content (AvgIpc) is 2.91. The molecule has 1 aliphatic carbocycles. The topological polar surface area (TPSA) is 45.7 Å². The molecule has 0 amide bonds. The minimum absolute atomic E-state index is 0. The third kappa shape index (κ3) is 9.00. The van der Waals surface area contributed by atoms with Crippen LogP contribution in [0.1, 0.15) is 59.3 Å². The second-order valence-electron chi connectivity index (χ2n) is 5.35. The molecule has 0 bridgehead atoms. The van der Waals surface area contributed by atoms with E-state index in [1.54, 1.807) is 0 Å². The van der Waals surface area contributed by atoms with Crippen LogP contribution in [0.5, 0.6) is 0 Å². The van der Waals surface area contributed by atoms with Crippen molar-refractivity contribution in [2.45, 2.75) is 71.4 Å². The van der Waals surface area contributed by atoms with E-state index in [0.29, 0.717) is 12.1 Å². The lowest BCUT2D eigenvalue weighted by atomic mass is 10.3. The van der Waals surface area contributed by atoms with Crippen molar-refractivity contribution in [3.63, 3.8) is 0 Å². The average molecular weight is 397 g/mol. The Morgan fingerprint density at radius 1 is 1.30 bits per heavy atom. The van der Waals surface area contributed by atoms with Gasteiger partial charge in [-0.2, -0.15) is 0 Å². The highest BCUT2D eigenvalue weighted by atomic mass is 127. The predicted molar refractivity (Wildman–Crippen MR) is 97.1 cm³/mol. The molecule has 0 radical (unpaired) electrons. The second kappa shape index (κ2) is 12.7. The van der Waals surface area contributed by atoms with Gasteiger partial charge in [0, 0.05) is 25.7 Å². The van der Waals surface area contributed by atoms with Gasteiger partial charge < -0.3 is 15.4 Å². The number of aliphatic imine (C=N–C) groups is 1. The molecule has 0 aromatic rings. The zero-order chi connectivity index (χ0) is 13.9. The maximum absolute atomic E-state index is 5.84. The summed E-state index contributed by atoms with van der Waals surface area (Å²) in [5.74, 6) is 0.928. The fraction of sp³-hybridized carbons (Fsp3) is 0.933. The lowest BCUT2D eigenvalue weighted by Crippen LogP contribution is -2.42. The summed E-state index contributed by atoms with van der Waals surface area (Å²) in [5.41, 5.74) is 0. The van der Waals surface area contributed by atoms with Crippen LogP contribution in [0.2, 0.25) is 0 Å². The normalized spacial score (nSPS) is 17.6. The molecule has 0 aromatic heterocycles. The van der Waals surface area contributed by atoms with Crippen molar-refractivity contribution in [2.75, 3.05) is 19.7 Å². The zero-order valence-electron chi connectivity index (χ0n) is 13.3. The summed E-state index contributed by atoms with van der Waals surface area (Å²) in [7, 11) is 0. The molecule has 1 saturated carbocycles. The molecule has 5 heteroatoms. The molecular formula is C15H32IN3O. The molecule has 0 heterocycles. The summed E-state index contributed by atoms with van der Waals surface area (Å²) in [6.45, 7) is 9.03. The minimum Gasteiger partial charge on any atom is -0.378 e. The van der Waals surface area contributed by atoms with Gasteiger partial charge in [-0.05, 0) is 39.5 Å². The maximum atomic E-state index is 5.84. The lowest BCUT2D eigenvalue weighted by molar-refractivity contribution is 0.0579. The summed E-state index contributed by atoms with van der Waals surface area (Å²) < 4.78 is 5.84. The summed E-state index contributed by atoms with van der Waals surface area (Å²) >= 11 is 0. The fourth-order valence-electron chi connectivity index (χ4n) is 2.22. The van der Waals surface area contributed by atoms with Crippen molar-refractivity contribution in [1.82, 2.24) is 10.6 Å². The van der Waals surface area contributed by atoms with Crippen LogP contribution in [0.3, 0.4) is 0 Å². The Bertz CT molecular complexity index is 256. The highest BCUT2D eigenvalue weighted by Crippen LogP contribution is 2.20. The molecule has 120 valence electrons. The van der Waals surface area contributed by atoms with E-state index in [1.807, 2.05) is 0 Å². The molecule has 1 unspecified atom stereocenters. The highest BCUT2D eigenvalue weighted by molar-refractivity contribution is 14.0. The number of nitrogens with one attached hydrogen (secondary N) is 2. The largest absolute Gasteiger partial charge is 0.378 e. The molecule has 2 N–H and O–H groups in total. The molecular weight excluding hydrogens is 365 g/mol.